The van der Waals surface area contributed by atoms with Gasteiger partial charge in [-0.3, -0.25) is 10.1 Å². The number of nitro groups is 1. The van der Waals surface area contributed by atoms with Gasteiger partial charge < -0.3 is 13.9 Å². The van der Waals surface area contributed by atoms with Crippen LogP contribution in [0.4, 0.5) is 5.69 Å². The van der Waals surface area contributed by atoms with Crippen molar-refractivity contribution in [1.82, 2.24) is 0 Å². The molecule has 1 heterocycles. The third kappa shape index (κ3) is 4.21. The highest BCUT2D eigenvalue weighted by molar-refractivity contribution is 5.89. The van der Waals surface area contributed by atoms with Gasteiger partial charge in [-0.15, -0.1) is 0 Å². The second kappa shape index (κ2) is 8.76. The molecule has 0 saturated heterocycles. The number of fused-ring (bicyclic) bond motifs is 1. The summed E-state index contributed by atoms with van der Waals surface area (Å²) in [5.41, 5.74) is 1.25. The third-order valence-electron chi connectivity index (χ3n) is 4.44. The fourth-order valence-electron chi connectivity index (χ4n) is 3.05. The maximum absolute atomic E-state index is 12.6. The maximum Gasteiger partial charge on any atom is 0.340 e. The van der Waals surface area contributed by atoms with Gasteiger partial charge in [-0.05, 0) is 18.1 Å². The predicted molar refractivity (Wildman–Crippen MR) is 105 cm³/mol. The molecular formula is C21H15N3O6. The maximum atomic E-state index is 12.6. The quantitative estimate of drug-likeness (QED) is 0.331. The lowest BCUT2D eigenvalue weighted by atomic mass is 9.99. The van der Waals surface area contributed by atoms with Gasteiger partial charge in [0.25, 0.3) is 5.69 Å². The molecule has 0 fully saturated rings. The van der Waals surface area contributed by atoms with Gasteiger partial charge in [0.2, 0.25) is 0 Å². The second-order valence-electron chi connectivity index (χ2n) is 6.28. The summed E-state index contributed by atoms with van der Waals surface area (Å²) in [5.74, 6) is 0.552. The lowest BCUT2D eigenvalue weighted by Crippen LogP contribution is -2.12. The van der Waals surface area contributed by atoms with Gasteiger partial charge in [-0.2, -0.15) is 10.5 Å². The Hall–Kier alpha value is -4.37. The van der Waals surface area contributed by atoms with Crippen LogP contribution in [0.1, 0.15) is 16.7 Å². The Kier molecular flexibility index (Phi) is 5.94. The lowest BCUT2D eigenvalue weighted by molar-refractivity contribution is -0.384. The molecule has 0 radical (unpaired) electrons. The molecule has 0 unspecified atom stereocenters. The van der Waals surface area contributed by atoms with E-state index in [4.69, 9.17) is 24.4 Å². The van der Waals surface area contributed by atoms with Crippen LogP contribution in [0.25, 0.3) is 11.0 Å². The van der Waals surface area contributed by atoms with E-state index in [1.807, 2.05) is 12.1 Å². The molecule has 0 atom stereocenters. The van der Waals surface area contributed by atoms with Crippen molar-refractivity contribution >= 4 is 16.7 Å². The molecule has 9 heteroatoms. The van der Waals surface area contributed by atoms with Crippen molar-refractivity contribution in [2.45, 2.75) is 13.3 Å². The number of hydrogen-bond acceptors (Lipinski definition) is 8. The zero-order valence-electron chi connectivity index (χ0n) is 15.9. The Bertz CT molecular complexity index is 1250. The van der Waals surface area contributed by atoms with Crippen LogP contribution in [0.15, 0.2) is 45.6 Å². The summed E-state index contributed by atoms with van der Waals surface area (Å²) in [4.78, 5) is 22.9. The number of rotatable bonds is 7. The van der Waals surface area contributed by atoms with Gasteiger partial charge in [0.05, 0.1) is 10.3 Å². The van der Waals surface area contributed by atoms with Gasteiger partial charge in [-0.25, -0.2) is 4.79 Å². The molecule has 0 N–H and O–H groups in total. The van der Waals surface area contributed by atoms with E-state index in [9.17, 15) is 14.9 Å². The van der Waals surface area contributed by atoms with Gasteiger partial charge >= 0.3 is 5.63 Å². The second-order valence-corrected chi connectivity index (χ2v) is 6.28. The SMILES string of the molecule is Cc1c(Cc2ccc([N+](=O)[O-])cc2)c(=O)oc2cc(OCC#N)cc(OCC#N)c12. The van der Waals surface area contributed by atoms with E-state index in [-0.39, 0.29) is 42.4 Å². The van der Waals surface area contributed by atoms with E-state index in [2.05, 4.69) is 0 Å². The molecule has 9 nitrogen and oxygen atoms in total. The summed E-state index contributed by atoms with van der Waals surface area (Å²) in [7, 11) is 0. The molecule has 0 saturated carbocycles. The van der Waals surface area contributed by atoms with Gasteiger partial charge in [0, 0.05) is 36.2 Å². The molecule has 0 aliphatic rings. The van der Waals surface area contributed by atoms with Gasteiger partial charge in [0.1, 0.15) is 29.2 Å². The van der Waals surface area contributed by atoms with Crippen LogP contribution in [-0.4, -0.2) is 18.1 Å². The number of nitrogens with zero attached hydrogens (tertiary/aromatic N) is 3. The number of ether oxygens (including phenoxy) is 2. The molecule has 0 aliphatic carbocycles. The molecule has 3 rings (SSSR count). The fourth-order valence-corrected chi connectivity index (χ4v) is 3.05. The molecule has 1 aromatic heterocycles. The van der Waals surface area contributed by atoms with Crippen molar-refractivity contribution in [3.8, 4) is 23.6 Å². The van der Waals surface area contributed by atoms with Crippen molar-refractivity contribution in [1.29, 1.82) is 10.5 Å². The molecule has 0 aliphatic heterocycles. The topological polar surface area (TPSA) is 139 Å². The minimum absolute atomic E-state index is 0.0434. The first-order chi connectivity index (χ1) is 14.4. The van der Waals surface area contributed by atoms with E-state index in [0.717, 1.165) is 0 Å². The van der Waals surface area contributed by atoms with E-state index >= 15 is 0 Å². The smallest absolute Gasteiger partial charge is 0.340 e. The minimum atomic E-state index is -0.568. The van der Waals surface area contributed by atoms with E-state index in [0.29, 0.717) is 22.1 Å². The standard InChI is InChI=1S/C21H15N3O6/c1-13-17(10-14-2-4-15(5-3-14)24(26)27)21(25)30-19-12-16(28-8-6-22)11-18(20(13)19)29-9-7-23/h2-5,11-12H,8-10H2,1H3. The van der Waals surface area contributed by atoms with Gasteiger partial charge in [-0.1, -0.05) is 12.1 Å². The zero-order chi connectivity index (χ0) is 21.7. The fraction of sp³-hybridized carbons (Fsp3) is 0.190. The Balaban J connectivity index is 2.10. The molecule has 0 spiro atoms. The van der Waals surface area contributed by atoms with Crippen molar-refractivity contribution < 1.29 is 18.8 Å². The zero-order valence-corrected chi connectivity index (χ0v) is 15.9. The van der Waals surface area contributed by atoms with Crippen molar-refractivity contribution in [2.75, 3.05) is 13.2 Å². The van der Waals surface area contributed by atoms with Crippen LogP contribution in [0.5, 0.6) is 11.5 Å². The highest BCUT2D eigenvalue weighted by Crippen LogP contribution is 2.34. The molecule has 3 aromatic rings. The number of aryl methyl sites for hydroxylation is 1. The predicted octanol–water partition coefficient (Wildman–Crippen LogP) is 3.41. The van der Waals surface area contributed by atoms with Crippen molar-refractivity contribution in [2.24, 2.45) is 0 Å². The van der Waals surface area contributed by atoms with Crippen molar-refractivity contribution in [3.63, 3.8) is 0 Å². The number of benzene rings is 2. The van der Waals surface area contributed by atoms with E-state index in [1.54, 1.807) is 19.1 Å². The Labute approximate surface area is 170 Å². The number of nitriles is 2. The van der Waals surface area contributed by atoms with Crippen LogP contribution < -0.4 is 15.1 Å². The average Bonchev–Trinajstić information content (AvgIpc) is 2.73. The van der Waals surface area contributed by atoms with Crippen LogP contribution >= 0.6 is 0 Å². The summed E-state index contributed by atoms with van der Waals surface area (Å²) in [6.45, 7) is 1.30. The molecule has 30 heavy (non-hydrogen) atoms. The molecule has 0 bridgehead atoms. The largest absolute Gasteiger partial charge is 0.478 e. The summed E-state index contributed by atoms with van der Waals surface area (Å²) in [5, 5.41) is 28.9. The summed E-state index contributed by atoms with van der Waals surface area (Å²) < 4.78 is 16.2. The molecular weight excluding hydrogens is 390 g/mol. The van der Waals surface area contributed by atoms with Crippen molar-refractivity contribution in [3.05, 3.63) is 73.6 Å². The number of hydrogen-bond donors (Lipinski definition) is 0. The third-order valence-corrected chi connectivity index (χ3v) is 4.44. The average molecular weight is 405 g/mol. The summed E-state index contributed by atoms with van der Waals surface area (Å²) in [6, 6.07) is 12.6. The van der Waals surface area contributed by atoms with Crippen LogP contribution in [0.2, 0.25) is 0 Å². The highest BCUT2D eigenvalue weighted by Gasteiger charge is 2.18. The first-order valence-corrected chi connectivity index (χ1v) is 8.77. The minimum Gasteiger partial charge on any atom is -0.478 e. The van der Waals surface area contributed by atoms with Crippen LogP contribution in [0.3, 0.4) is 0 Å². The highest BCUT2D eigenvalue weighted by atomic mass is 16.6. The monoisotopic (exact) mass is 405 g/mol. The van der Waals surface area contributed by atoms with Crippen LogP contribution in [-0.2, 0) is 6.42 Å². The normalized spacial score (nSPS) is 10.2. The summed E-state index contributed by atoms with van der Waals surface area (Å²) >= 11 is 0. The Morgan fingerprint density at radius 2 is 1.77 bits per heavy atom. The molecule has 2 aromatic carbocycles. The lowest BCUT2D eigenvalue weighted by Gasteiger charge is -2.13. The molecule has 0 amide bonds. The Morgan fingerprint density at radius 1 is 1.10 bits per heavy atom. The number of non-ortho nitro benzene ring substituents is 1. The van der Waals surface area contributed by atoms with E-state index < -0.39 is 10.5 Å². The van der Waals surface area contributed by atoms with Crippen LogP contribution in [0, 0.1) is 39.7 Å². The van der Waals surface area contributed by atoms with Gasteiger partial charge in [0.15, 0.2) is 13.2 Å². The first-order valence-electron chi connectivity index (χ1n) is 8.77. The molecule has 150 valence electrons. The summed E-state index contributed by atoms with van der Waals surface area (Å²) in [6.07, 6.45) is 0.201. The first kappa shape index (κ1) is 20.4. The van der Waals surface area contributed by atoms with E-state index in [1.165, 1.54) is 24.3 Å². The Morgan fingerprint density at radius 3 is 2.40 bits per heavy atom. The number of nitro benzene ring substituents is 1.